The SMILES string of the molecule is O=C(CCCN1c2cccc3cccc(c23)S1(=O)=O)N1CCN(c2cccc(Cl)c2)CC1. The molecule has 0 N–H and O–H groups in total. The van der Waals surface area contributed by atoms with Gasteiger partial charge in [0.2, 0.25) is 5.91 Å². The summed E-state index contributed by atoms with van der Waals surface area (Å²) in [4.78, 5) is 17.2. The Balaban J connectivity index is 1.19. The average molecular weight is 470 g/mol. The summed E-state index contributed by atoms with van der Waals surface area (Å²) in [5.41, 5.74) is 1.78. The van der Waals surface area contributed by atoms with Gasteiger partial charge in [0.25, 0.3) is 10.0 Å². The summed E-state index contributed by atoms with van der Waals surface area (Å²) in [5.74, 6) is 0.0723. The third kappa shape index (κ3) is 3.69. The number of carbonyl (C=O) groups is 1. The van der Waals surface area contributed by atoms with Gasteiger partial charge in [0.1, 0.15) is 0 Å². The Hall–Kier alpha value is -2.77. The molecular formula is C24H24ClN3O3S. The van der Waals surface area contributed by atoms with Crippen molar-refractivity contribution in [1.29, 1.82) is 0 Å². The number of anilines is 2. The Bertz CT molecular complexity index is 1280. The zero-order valence-corrected chi connectivity index (χ0v) is 19.1. The first kappa shape index (κ1) is 21.1. The number of sulfonamides is 1. The smallest absolute Gasteiger partial charge is 0.265 e. The topological polar surface area (TPSA) is 60.9 Å². The van der Waals surface area contributed by atoms with Crippen molar-refractivity contribution in [2.45, 2.75) is 17.7 Å². The van der Waals surface area contributed by atoms with Gasteiger partial charge >= 0.3 is 0 Å². The van der Waals surface area contributed by atoms with E-state index < -0.39 is 10.0 Å². The second kappa shape index (κ2) is 8.30. The zero-order valence-electron chi connectivity index (χ0n) is 17.6. The molecule has 0 atom stereocenters. The van der Waals surface area contributed by atoms with Gasteiger partial charge in [-0.15, -0.1) is 0 Å². The number of benzene rings is 3. The van der Waals surface area contributed by atoms with Crippen LogP contribution in [-0.4, -0.2) is 51.9 Å². The van der Waals surface area contributed by atoms with Crippen LogP contribution < -0.4 is 9.21 Å². The van der Waals surface area contributed by atoms with Crippen LogP contribution in [-0.2, 0) is 14.8 Å². The average Bonchev–Trinajstić information content (AvgIpc) is 3.02. The number of carbonyl (C=O) groups excluding carboxylic acids is 1. The summed E-state index contributed by atoms with van der Waals surface area (Å²) in [7, 11) is -3.57. The van der Waals surface area contributed by atoms with E-state index in [0.717, 1.165) is 29.5 Å². The molecule has 1 fully saturated rings. The molecule has 0 saturated carbocycles. The molecule has 3 aromatic carbocycles. The van der Waals surface area contributed by atoms with Crippen molar-refractivity contribution >= 4 is 49.7 Å². The number of hydrogen-bond donors (Lipinski definition) is 0. The van der Waals surface area contributed by atoms with Gasteiger partial charge < -0.3 is 9.80 Å². The molecule has 0 radical (unpaired) electrons. The molecule has 6 nitrogen and oxygen atoms in total. The van der Waals surface area contributed by atoms with Gasteiger partial charge in [-0.1, -0.05) is 41.9 Å². The van der Waals surface area contributed by atoms with Crippen LogP contribution in [0.1, 0.15) is 12.8 Å². The lowest BCUT2D eigenvalue weighted by molar-refractivity contribution is -0.131. The Morgan fingerprint density at radius 1 is 0.938 bits per heavy atom. The molecule has 0 unspecified atom stereocenters. The second-order valence-corrected chi connectivity index (χ2v) is 10.4. The number of piperazine rings is 1. The number of nitrogens with zero attached hydrogens (tertiary/aromatic N) is 3. The molecule has 0 spiro atoms. The van der Waals surface area contributed by atoms with E-state index in [1.807, 2.05) is 53.4 Å². The zero-order chi connectivity index (χ0) is 22.3. The first-order valence-corrected chi connectivity index (χ1v) is 12.6. The van der Waals surface area contributed by atoms with E-state index in [4.69, 9.17) is 11.6 Å². The van der Waals surface area contributed by atoms with Crippen LogP contribution in [0.2, 0.25) is 5.02 Å². The van der Waals surface area contributed by atoms with Gasteiger partial charge in [-0.3, -0.25) is 9.10 Å². The highest BCUT2D eigenvalue weighted by molar-refractivity contribution is 7.93. The normalized spacial score (nSPS) is 17.2. The Labute approximate surface area is 193 Å². The fraction of sp³-hybridized carbons (Fsp3) is 0.292. The summed E-state index contributed by atoms with van der Waals surface area (Å²) in [6.07, 6.45) is 0.812. The number of halogens is 1. The highest BCUT2D eigenvalue weighted by atomic mass is 35.5. The van der Waals surface area contributed by atoms with Crippen LogP contribution in [0.4, 0.5) is 11.4 Å². The molecule has 0 aliphatic carbocycles. The van der Waals surface area contributed by atoms with Crippen molar-refractivity contribution in [1.82, 2.24) is 4.90 Å². The van der Waals surface area contributed by atoms with Crippen molar-refractivity contribution in [3.05, 3.63) is 65.7 Å². The molecule has 2 aliphatic rings. The number of hydrogen-bond acceptors (Lipinski definition) is 4. The Morgan fingerprint density at radius 3 is 2.41 bits per heavy atom. The molecule has 1 saturated heterocycles. The van der Waals surface area contributed by atoms with Crippen molar-refractivity contribution in [2.75, 3.05) is 41.9 Å². The fourth-order valence-corrected chi connectivity index (χ4v) is 6.55. The largest absolute Gasteiger partial charge is 0.368 e. The second-order valence-electron chi connectivity index (χ2n) is 8.16. The molecule has 3 aromatic rings. The van der Waals surface area contributed by atoms with E-state index in [1.165, 1.54) is 4.31 Å². The van der Waals surface area contributed by atoms with Crippen LogP contribution in [0.15, 0.2) is 65.6 Å². The highest BCUT2D eigenvalue weighted by Crippen LogP contribution is 2.42. The first-order chi connectivity index (χ1) is 15.4. The summed E-state index contributed by atoms with van der Waals surface area (Å²) < 4.78 is 27.6. The van der Waals surface area contributed by atoms with Gasteiger partial charge in [-0.2, -0.15) is 0 Å². The van der Waals surface area contributed by atoms with Crippen molar-refractivity contribution in [3.63, 3.8) is 0 Å². The summed E-state index contributed by atoms with van der Waals surface area (Å²) in [6, 6.07) is 18.7. The maximum atomic E-state index is 13.1. The van der Waals surface area contributed by atoms with E-state index in [0.29, 0.717) is 48.1 Å². The Morgan fingerprint density at radius 2 is 1.66 bits per heavy atom. The van der Waals surface area contributed by atoms with Gasteiger partial charge in [0.05, 0.1) is 10.6 Å². The number of rotatable bonds is 5. The van der Waals surface area contributed by atoms with Crippen LogP contribution in [0, 0.1) is 0 Å². The minimum Gasteiger partial charge on any atom is -0.368 e. The molecule has 2 aliphatic heterocycles. The predicted octanol–water partition coefficient (Wildman–Crippen LogP) is 4.13. The van der Waals surface area contributed by atoms with E-state index >= 15 is 0 Å². The molecule has 32 heavy (non-hydrogen) atoms. The van der Waals surface area contributed by atoms with Gasteiger partial charge in [-0.25, -0.2) is 8.42 Å². The minimum absolute atomic E-state index is 0.0723. The van der Waals surface area contributed by atoms with Crippen molar-refractivity contribution in [3.8, 4) is 0 Å². The van der Waals surface area contributed by atoms with E-state index in [2.05, 4.69) is 4.90 Å². The van der Waals surface area contributed by atoms with Crippen LogP contribution in [0.3, 0.4) is 0 Å². The third-order valence-electron chi connectivity index (χ3n) is 6.24. The van der Waals surface area contributed by atoms with Crippen molar-refractivity contribution < 1.29 is 13.2 Å². The van der Waals surface area contributed by atoms with Crippen LogP contribution in [0.25, 0.3) is 10.8 Å². The van der Waals surface area contributed by atoms with Gasteiger partial charge in [0, 0.05) is 55.2 Å². The molecule has 0 bridgehead atoms. The van der Waals surface area contributed by atoms with Crippen molar-refractivity contribution in [2.24, 2.45) is 0 Å². The molecule has 0 aromatic heterocycles. The quantitative estimate of drug-likeness (QED) is 0.563. The molecule has 5 rings (SSSR count). The monoisotopic (exact) mass is 469 g/mol. The van der Waals surface area contributed by atoms with E-state index in [9.17, 15) is 13.2 Å². The Kier molecular flexibility index (Phi) is 5.47. The minimum atomic E-state index is -3.57. The van der Waals surface area contributed by atoms with Gasteiger partial charge in [0.15, 0.2) is 0 Å². The van der Waals surface area contributed by atoms with E-state index in [1.54, 1.807) is 12.1 Å². The number of amides is 1. The van der Waals surface area contributed by atoms with E-state index in [-0.39, 0.29) is 5.91 Å². The first-order valence-electron chi connectivity index (χ1n) is 10.8. The molecular weight excluding hydrogens is 446 g/mol. The lowest BCUT2D eigenvalue weighted by Crippen LogP contribution is -2.48. The molecule has 8 heteroatoms. The summed E-state index contributed by atoms with van der Waals surface area (Å²) in [5, 5.41) is 2.40. The molecule has 166 valence electrons. The summed E-state index contributed by atoms with van der Waals surface area (Å²) >= 11 is 6.09. The maximum Gasteiger partial charge on any atom is 0.265 e. The fourth-order valence-electron chi connectivity index (χ4n) is 4.62. The standard InChI is InChI=1S/C24H24ClN3O3S/c25-19-7-3-8-20(17-19)26-13-15-27(16-14-26)23(29)11-4-12-28-21-9-1-5-18-6-2-10-22(24(18)21)32(28,30)31/h1-3,5-10,17H,4,11-16H2. The lowest BCUT2D eigenvalue weighted by atomic mass is 10.1. The summed E-state index contributed by atoms with van der Waals surface area (Å²) in [6.45, 7) is 3.11. The predicted molar refractivity (Wildman–Crippen MR) is 128 cm³/mol. The molecule has 2 heterocycles. The third-order valence-corrected chi connectivity index (χ3v) is 8.33. The lowest BCUT2D eigenvalue weighted by Gasteiger charge is -2.36. The van der Waals surface area contributed by atoms with Crippen LogP contribution in [0.5, 0.6) is 0 Å². The maximum absolute atomic E-state index is 13.1. The van der Waals surface area contributed by atoms with Crippen LogP contribution >= 0.6 is 11.6 Å². The molecule has 1 amide bonds. The highest BCUT2D eigenvalue weighted by Gasteiger charge is 2.35. The van der Waals surface area contributed by atoms with Gasteiger partial charge in [-0.05, 0) is 42.1 Å².